The zero-order valence-electron chi connectivity index (χ0n) is 11.5. The van der Waals surface area contributed by atoms with Crippen molar-refractivity contribution in [3.63, 3.8) is 0 Å². The molecule has 4 N–H and O–H groups in total. The van der Waals surface area contributed by atoms with Crippen LogP contribution < -0.4 is 21.1 Å². The Balaban J connectivity index is 1.77. The fourth-order valence-electron chi connectivity index (χ4n) is 1.61. The molecule has 22 heavy (non-hydrogen) atoms. The minimum Gasteiger partial charge on any atom is -0.473 e. The van der Waals surface area contributed by atoms with Gasteiger partial charge in [-0.05, 0) is 48.5 Å². The normalized spacial score (nSPS) is 9.86. The number of nitrogens with two attached hydrogens (primary N) is 1. The van der Waals surface area contributed by atoms with E-state index in [0.29, 0.717) is 22.0 Å². The zero-order valence-corrected chi connectivity index (χ0v) is 12.3. The molecule has 0 aliphatic heterocycles. The van der Waals surface area contributed by atoms with Gasteiger partial charge in [0.05, 0.1) is 0 Å². The SMILES string of the molecule is NC(=O)c1ccc(NC(=O)NCOc2ccc(Cl)cc2)cc1. The van der Waals surface area contributed by atoms with Crippen molar-refractivity contribution in [3.8, 4) is 5.75 Å². The number of urea groups is 1. The molecule has 0 bridgehead atoms. The van der Waals surface area contributed by atoms with E-state index in [1.165, 1.54) is 12.1 Å². The van der Waals surface area contributed by atoms with Crippen LogP contribution in [0.2, 0.25) is 5.02 Å². The second kappa shape index (κ2) is 7.33. The largest absolute Gasteiger partial charge is 0.473 e. The lowest BCUT2D eigenvalue weighted by Crippen LogP contribution is -2.32. The average Bonchev–Trinajstić information content (AvgIpc) is 2.50. The molecule has 0 saturated carbocycles. The van der Waals surface area contributed by atoms with Crippen molar-refractivity contribution >= 4 is 29.2 Å². The number of carbonyl (C=O) groups is 2. The minimum absolute atomic E-state index is 0.00678. The molecule has 0 heterocycles. The van der Waals surface area contributed by atoms with Crippen LogP contribution >= 0.6 is 11.6 Å². The Bertz CT molecular complexity index is 657. The molecule has 6 nitrogen and oxygen atoms in total. The smallest absolute Gasteiger partial charge is 0.321 e. The highest BCUT2D eigenvalue weighted by atomic mass is 35.5. The molecule has 2 aromatic rings. The maximum atomic E-state index is 11.7. The third-order valence-electron chi connectivity index (χ3n) is 2.71. The van der Waals surface area contributed by atoms with E-state index in [9.17, 15) is 9.59 Å². The van der Waals surface area contributed by atoms with Crippen LogP contribution in [0.4, 0.5) is 10.5 Å². The van der Waals surface area contributed by atoms with Crippen LogP contribution in [-0.2, 0) is 0 Å². The molecule has 0 aliphatic carbocycles. The molecule has 2 rings (SSSR count). The molecular formula is C15H14ClN3O3. The van der Waals surface area contributed by atoms with E-state index in [0.717, 1.165) is 0 Å². The number of nitrogens with one attached hydrogen (secondary N) is 2. The molecule has 0 saturated heterocycles. The van der Waals surface area contributed by atoms with Crippen LogP contribution in [0.3, 0.4) is 0 Å². The summed E-state index contributed by atoms with van der Waals surface area (Å²) in [4.78, 5) is 22.6. The van der Waals surface area contributed by atoms with Crippen LogP contribution in [0, 0.1) is 0 Å². The van der Waals surface area contributed by atoms with Gasteiger partial charge in [0, 0.05) is 16.3 Å². The van der Waals surface area contributed by atoms with Gasteiger partial charge < -0.3 is 21.1 Å². The van der Waals surface area contributed by atoms with E-state index < -0.39 is 11.9 Å². The molecule has 7 heteroatoms. The van der Waals surface area contributed by atoms with Gasteiger partial charge in [-0.1, -0.05) is 11.6 Å². The summed E-state index contributed by atoms with van der Waals surface area (Å²) in [5.41, 5.74) is 6.04. The molecule has 2 aromatic carbocycles. The van der Waals surface area contributed by atoms with Crippen molar-refractivity contribution in [2.75, 3.05) is 12.0 Å². The van der Waals surface area contributed by atoms with Crippen molar-refractivity contribution in [2.45, 2.75) is 0 Å². The molecule has 114 valence electrons. The second-order valence-electron chi connectivity index (χ2n) is 4.32. The highest BCUT2D eigenvalue weighted by Gasteiger charge is 2.03. The van der Waals surface area contributed by atoms with Crippen LogP contribution in [0.1, 0.15) is 10.4 Å². The number of primary amides is 1. The Labute approximate surface area is 132 Å². The first-order valence-corrected chi connectivity index (χ1v) is 6.75. The summed E-state index contributed by atoms with van der Waals surface area (Å²) >= 11 is 5.75. The quantitative estimate of drug-likeness (QED) is 0.739. The molecule has 0 unspecified atom stereocenters. The Kier molecular flexibility index (Phi) is 5.21. The lowest BCUT2D eigenvalue weighted by atomic mass is 10.2. The van der Waals surface area contributed by atoms with Gasteiger partial charge in [-0.2, -0.15) is 0 Å². The first kappa shape index (κ1) is 15.7. The molecular weight excluding hydrogens is 306 g/mol. The number of hydrogen-bond donors (Lipinski definition) is 3. The number of benzene rings is 2. The van der Waals surface area contributed by atoms with Crippen molar-refractivity contribution in [2.24, 2.45) is 5.73 Å². The number of hydrogen-bond acceptors (Lipinski definition) is 3. The highest BCUT2D eigenvalue weighted by molar-refractivity contribution is 6.30. The van der Waals surface area contributed by atoms with E-state index in [1.54, 1.807) is 36.4 Å². The first-order chi connectivity index (χ1) is 10.5. The Morgan fingerprint density at radius 3 is 2.27 bits per heavy atom. The van der Waals surface area contributed by atoms with Gasteiger partial charge >= 0.3 is 6.03 Å². The summed E-state index contributed by atoms with van der Waals surface area (Å²) in [6, 6.07) is 12.6. The molecule has 0 aromatic heterocycles. The van der Waals surface area contributed by atoms with Gasteiger partial charge in [0.2, 0.25) is 5.91 Å². The maximum absolute atomic E-state index is 11.7. The van der Waals surface area contributed by atoms with E-state index in [2.05, 4.69) is 10.6 Å². The lowest BCUT2D eigenvalue weighted by molar-refractivity contribution is 0.100. The van der Waals surface area contributed by atoms with Crippen LogP contribution in [0.25, 0.3) is 0 Å². The fraction of sp³-hybridized carbons (Fsp3) is 0.0667. The van der Waals surface area contributed by atoms with Gasteiger partial charge in [-0.25, -0.2) is 4.79 Å². The number of carbonyl (C=O) groups excluding carboxylic acids is 2. The zero-order chi connectivity index (χ0) is 15.9. The predicted octanol–water partition coefficient (Wildman–Crippen LogP) is 2.60. The van der Waals surface area contributed by atoms with Crippen molar-refractivity contribution in [1.29, 1.82) is 0 Å². The molecule has 0 fully saturated rings. The third kappa shape index (κ3) is 4.68. The Morgan fingerprint density at radius 2 is 1.68 bits per heavy atom. The summed E-state index contributed by atoms with van der Waals surface area (Å²) in [6.07, 6.45) is 0. The van der Waals surface area contributed by atoms with Crippen molar-refractivity contribution in [3.05, 3.63) is 59.1 Å². The maximum Gasteiger partial charge on any atom is 0.321 e. The average molecular weight is 320 g/mol. The fourth-order valence-corrected chi connectivity index (χ4v) is 1.73. The van der Waals surface area contributed by atoms with Crippen LogP contribution in [-0.4, -0.2) is 18.7 Å². The first-order valence-electron chi connectivity index (χ1n) is 6.37. The molecule has 0 atom stereocenters. The van der Waals surface area contributed by atoms with Crippen molar-refractivity contribution < 1.29 is 14.3 Å². The third-order valence-corrected chi connectivity index (χ3v) is 2.96. The molecule has 0 spiro atoms. The van der Waals surface area contributed by atoms with Crippen LogP contribution in [0.5, 0.6) is 5.75 Å². The number of anilines is 1. The molecule has 3 amide bonds. The number of amides is 3. The standard InChI is InChI=1S/C15H14ClN3O3/c16-11-3-7-13(8-4-11)22-9-18-15(21)19-12-5-1-10(2-6-12)14(17)20/h1-8H,9H2,(H2,17,20)(H2,18,19,21). The van der Waals surface area contributed by atoms with Gasteiger partial charge in [-0.15, -0.1) is 0 Å². The lowest BCUT2D eigenvalue weighted by Gasteiger charge is -2.09. The summed E-state index contributed by atoms with van der Waals surface area (Å²) < 4.78 is 5.33. The topological polar surface area (TPSA) is 93.5 Å². The Hall–Kier alpha value is -2.73. The summed E-state index contributed by atoms with van der Waals surface area (Å²) in [5.74, 6) is 0.0721. The van der Waals surface area contributed by atoms with Crippen molar-refractivity contribution in [1.82, 2.24) is 5.32 Å². The summed E-state index contributed by atoms with van der Waals surface area (Å²) in [5, 5.41) is 5.74. The summed E-state index contributed by atoms with van der Waals surface area (Å²) in [6.45, 7) is 0.00678. The van der Waals surface area contributed by atoms with Gasteiger partial charge in [0.15, 0.2) is 6.73 Å². The van der Waals surface area contributed by atoms with Gasteiger partial charge in [0.1, 0.15) is 5.75 Å². The van der Waals surface area contributed by atoms with E-state index in [-0.39, 0.29) is 6.73 Å². The number of halogens is 1. The van der Waals surface area contributed by atoms with Gasteiger partial charge in [0.25, 0.3) is 0 Å². The monoisotopic (exact) mass is 319 g/mol. The number of ether oxygens (including phenoxy) is 1. The second-order valence-corrected chi connectivity index (χ2v) is 4.75. The van der Waals surface area contributed by atoms with E-state index >= 15 is 0 Å². The summed E-state index contributed by atoms with van der Waals surface area (Å²) in [7, 11) is 0. The van der Waals surface area contributed by atoms with E-state index in [4.69, 9.17) is 22.1 Å². The minimum atomic E-state index is -0.521. The predicted molar refractivity (Wildman–Crippen MR) is 84.1 cm³/mol. The van der Waals surface area contributed by atoms with E-state index in [1.807, 2.05) is 0 Å². The number of rotatable bonds is 5. The molecule has 0 aliphatic rings. The Morgan fingerprint density at radius 1 is 1.05 bits per heavy atom. The highest BCUT2D eigenvalue weighted by Crippen LogP contribution is 2.15. The molecule has 0 radical (unpaired) electrons. The van der Waals surface area contributed by atoms with Gasteiger partial charge in [-0.3, -0.25) is 4.79 Å². The van der Waals surface area contributed by atoms with Crippen LogP contribution in [0.15, 0.2) is 48.5 Å².